The van der Waals surface area contributed by atoms with Crippen LogP contribution < -0.4 is 11.5 Å². The topological polar surface area (TPSA) is 98.0 Å². The second-order valence-electron chi connectivity index (χ2n) is 11.5. The van der Waals surface area contributed by atoms with Gasteiger partial charge in [0.1, 0.15) is 0 Å². The van der Waals surface area contributed by atoms with E-state index >= 15 is 0 Å². The highest BCUT2D eigenvalue weighted by atomic mass is 19.4. The third-order valence-electron chi connectivity index (χ3n) is 6.47. The first-order chi connectivity index (χ1) is 20.8. The Bertz CT molecular complexity index is 1350. The van der Waals surface area contributed by atoms with E-state index in [0.717, 1.165) is 0 Å². The predicted molar refractivity (Wildman–Crippen MR) is 144 cm³/mol. The van der Waals surface area contributed by atoms with Crippen molar-refractivity contribution in [2.75, 3.05) is 11.5 Å². The SMILES string of the molecule is CC(C)C=CCc1cc(C(F)(C(F)(F)F)C(F)(F)F)ncc1N.CC(C)CC(C)(O)c1cc(C(F)(C(F)(F)F)C(F)(F)F)ncc1N. The van der Waals surface area contributed by atoms with Crippen LogP contribution in [0.25, 0.3) is 0 Å². The molecule has 0 bridgehead atoms. The summed E-state index contributed by atoms with van der Waals surface area (Å²) in [5.41, 5.74) is -6.75. The van der Waals surface area contributed by atoms with Crippen LogP contribution in [-0.2, 0) is 23.4 Å². The number of nitrogens with zero attached hydrogens (tertiary/aromatic N) is 2. The summed E-state index contributed by atoms with van der Waals surface area (Å²) in [5.74, 6) is -0.0282. The number of rotatable bonds is 8. The zero-order chi connectivity index (χ0) is 37.2. The first-order valence-electron chi connectivity index (χ1n) is 13.4. The van der Waals surface area contributed by atoms with Gasteiger partial charge in [-0.3, -0.25) is 9.97 Å². The summed E-state index contributed by atoms with van der Waals surface area (Å²) in [7, 11) is 0. The van der Waals surface area contributed by atoms with Crippen LogP contribution in [0.5, 0.6) is 0 Å². The summed E-state index contributed by atoms with van der Waals surface area (Å²) in [6.45, 7) is 8.19. The van der Waals surface area contributed by atoms with E-state index < -0.39 is 58.6 Å². The normalized spacial score (nSPS) is 15.2. The molecule has 0 aliphatic rings. The Morgan fingerprint density at radius 1 is 0.681 bits per heavy atom. The number of aliphatic hydroxyl groups is 1. The molecule has 2 aromatic rings. The Hall–Kier alpha value is -3.38. The maximum absolute atomic E-state index is 14.1. The number of hydrogen-bond acceptors (Lipinski definition) is 5. The fourth-order valence-electron chi connectivity index (χ4n) is 4.27. The number of halogens is 14. The largest absolute Gasteiger partial charge is 0.437 e. The van der Waals surface area contributed by atoms with Crippen LogP contribution in [0.1, 0.15) is 63.6 Å². The van der Waals surface area contributed by atoms with E-state index in [0.29, 0.717) is 18.5 Å². The fourth-order valence-corrected chi connectivity index (χ4v) is 4.27. The molecule has 19 heteroatoms. The highest BCUT2D eigenvalue weighted by Crippen LogP contribution is 2.54. The molecule has 0 aliphatic heterocycles. The first kappa shape index (κ1) is 41.6. The standard InChI is InChI=1S/C14H17F7N2O.C14H15F7N2/c1-7(2)5-11(3,24)8-4-10(23-6-9(8)22)12(15,13(16,17)18)14(19,20)21;1-8(2)4-3-5-9-6-11(23-7-10(9)22)12(15,13(16,17)18)14(19,20)21/h4,6-7,24H,5,22H2,1-3H3;3-4,6-8H,5,22H2,1-2H3. The van der Waals surface area contributed by atoms with E-state index in [-0.39, 0.29) is 47.7 Å². The number of nitrogen functional groups attached to an aromatic ring is 2. The van der Waals surface area contributed by atoms with Crippen LogP contribution in [0.4, 0.5) is 72.8 Å². The molecule has 0 amide bonds. The lowest BCUT2D eigenvalue weighted by atomic mass is 9.85. The maximum Gasteiger partial charge on any atom is 0.437 e. The lowest BCUT2D eigenvalue weighted by Crippen LogP contribution is -2.51. The van der Waals surface area contributed by atoms with Crippen molar-refractivity contribution in [1.29, 1.82) is 0 Å². The second kappa shape index (κ2) is 14.0. The predicted octanol–water partition coefficient (Wildman–Crippen LogP) is 8.91. The summed E-state index contributed by atoms with van der Waals surface area (Å²) in [5, 5.41) is 10.3. The van der Waals surface area contributed by atoms with Crippen LogP contribution in [-0.4, -0.2) is 39.8 Å². The average Bonchev–Trinajstić information content (AvgIpc) is 2.85. The van der Waals surface area contributed by atoms with Crippen LogP contribution in [0.15, 0.2) is 36.7 Å². The Kier molecular flexibility index (Phi) is 12.4. The number of alkyl halides is 14. The minimum Gasteiger partial charge on any atom is -0.397 e. The molecule has 0 aliphatic carbocycles. The third-order valence-corrected chi connectivity index (χ3v) is 6.47. The number of hydrogen-bond donors (Lipinski definition) is 3. The number of aromatic nitrogens is 2. The van der Waals surface area contributed by atoms with E-state index in [9.17, 15) is 66.6 Å². The summed E-state index contributed by atoms with van der Waals surface area (Å²) in [4.78, 5) is 5.81. The number of nitrogens with two attached hydrogens (primary N) is 2. The van der Waals surface area contributed by atoms with Gasteiger partial charge < -0.3 is 16.6 Å². The molecule has 0 radical (unpaired) electrons. The second-order valence-corrected chi connectivity index (χ2v) is 11.5. The van der Waals surface area contributed by atoms with Crippen molar-refractivity contribution in [1.82, 2.24) is 9.97 Å². The molecular weight excluding hydrogens is 674 g/mol. The van der Waals surface area contributed by atoms with Gasteiger partial charge in [-0.05, 0) is 49.3 Å². The molecule has 5 N–H and O–H groups in total. The minimum atomic E-state index is -6.28. The number of allylic oxidation sites excluding steroid dienone is 2. The molecule has 0 aromatic carbocycles. The molecule has 2 aromatic heterocycles. The smallest absolute Gasteiger partial charge is 0.397 e. The average molecular weight is 707 g/mol. The molecular formula is C28H32F14N4O. The maximum atomic E-state index is 14.1. The van der Waals surface area contributed by atoms with Gasteiger partial charge in [0.05, 0.1) is 40.8 Å². The fraction of sp³-hybridized carbons (Fsp3) is 0.571. The van der Waals surface area contributed by atoms with Gasteiger partial charge in [-0.1, -0.05) is 39.8 Å². The van der Waals surface area contributed by atoms with Gasteiger partial charge in [0.25, 0.3) is 0 Å². The van der Waals surface area contributed by atoms with Crippen LogP contribution in [0, 0.1) is 11.8 Å². The van der Waals surface area contributed by atoms with Crippen molar-refractivity contribution in [2.45, 2.75) is 89.1 Å². The van der Waals surface area contributed by atoms with E-state index in [1.165, 1.54) is 13.0 Å². The van der Waals surface area contributed by atoms with Gasteiger partial charge >= 0.3 is 36.0 Å². The molecule has 1 atom stereocenters. The van der Waals surface area contributed by atoms with Gasteiger partial charge in [0.15, 0.2) is 0 Å². The van der Waals surface area contributed by atoms with Crippen molar-refractivity contribution in [3.63, 3.8) is 0 Å². The van der Waals surface area contributed by atoms with Crippen LogP contribution in [0.3, 0.4) is 0 Å². The zero-order valence-electron chi connectivity index (χ0n) is 25.3. The number of pyridine rings is 2. The minimum absolute atomic E-state index is 0.0159. The number of anilines is 2. The molecule has 2 rings (SSSR count). The Morgan fingerprint density at radius 3 is 1.43 bits per heavy atom. The van der Waals surface area contributed by atoms with E-state index in [1.54, 1.807) is 19.9 Å². The Morgan fingerprint density at radius 2 is 1.06 bits per heavy atom. The van der Waals surface area contributed by atoms with Crippen molar-refractivity contribution in [2.24, 2.45) is 11.8 Å². The molecule has 47 heavy (non-hydrogen) atoms. The van der Waals surface area contributed by atoms with Gasteiger partial charge in [-0.25, -0.2) is 8.78 Å². The molecule has 268 valence electrons. The summed E-state index contributed by atoms with van der Waals surface area (Å²) in [6, 6.07) is 0.625. The molecule has 0 saturated heterocycles. The van der Waals surface area contributed by atoms with Gasteiger partial charge in [-0.15, -0.1) is 0 Å². The van der Waals surface area contributed by atoms with Crippen molar-refractivity contribution in [3.05, 3.63) is 59.2 Å². The lowest BCUT2D eigenvalue weighted by molar-refractivity contribution is -0.350. The first-order valence-corrected chi connectivity index (χ1v) is 13.4. The summed E-state index contributed by atoms with van der Waals surface area (Å²) < 4.78 is 181. The molecule has 2 heterocycles. The molecule has 0 fully saturated rings. The molecule has 5 nitrogen and oxygen atoms in total. The molecule has 1 unspecified atom stereocenters. The van der Waals surface area contributed by atoms with Crippen molar-refractivity contribution in [3.8, 4) is 0 Å². The van der Waals surface area contributed by atoms with Gasteiger partial charge in [0, 0.05) is 5.56 Å². The molecule has 0 spiro atoms. The van der Waals surface area contributed by atoms with Crippen LogP contribution >= 0.6 is 0 Å². The van der Waals surface area contributed by atoms with E-state index in [4.69, 9.17) is 11.5 Å². The van der Waals surface area contributed by atoms with Gasteiger partial charge in [0.2, 0.25) is 0 Å². The zero-order valence-corrected chi connectivity index (χ0v) is 25.3. The quantitative estimate of drug-likeness (QED) is 0.188. The summed E-state index contributed by atoms with van der Waals surface area (Å²) in [6.07, 6.45) is -20.7. The van der Waals surface area contributed by atoms with E-state index in [1.807, 2.05) is 13.8 Å². The van der Waals surface area contributed by atoms with Crippen molar-refractivity contribution < 1.29 is 66.6 Å². The Labute approximate surface area is 260 Å². The van der Waals surface area contributed by atoms with Crippen molar-refractivity contribution >= 4 is 11.4 Å². The summed E-state index contributed by atoms with van der Waals surface area (Å²) >= 11 is 0. The van der Waals surface area contributed by atoms with Crippen LogP contribution in [0.2, 0.25) is 0 Å². The molecule has 0 saturated carbocycles. The highest BCUT2D eigenvalue weighted by molar-refractivity contribution is 5.50. The van der Waals surface area contributed by atoms with Gasteiger partial charge in [-0.2, -0.15) is 52.7 Å². The highest BCUT2D eigenvalue weighted by Gasteiger charge is 2.75. The monoisotopic (exact) mass is 706 g/mol. The van der Waals surface area contributed by atoms with E-state index in [2.05, 4.69) is 9.97 Å². The third kappa shape index (κ3) is 9.16. The lowest BCUT2D eigenvalue weighted by Gasteiger charge is -2.32. The Balaban J connectivity index is 0.000000470.